The molecule has 8 rings (SSSR count). The summed E-state index contributed by atoms with van der Waals surface area (Å²) in [5.74, 6) is 1.60. The summed E-state index contributed by atoms with van der Waals surface area (Å²) in [6.07, 6.45) is 1.21. The van der Waals surface area contributed by atoms with Crippen molar-refractivity contribution < 1.29 is 38.0 Å². The van der Waals surface area contributed by atoms with Crippen molar-refractivity contribution in [3.05, 3.63) is 89.0 Å². The van der Waals surface area contributed by atoms with E-state index in [9.17, 15) is 28.5 Å². The maximum absolute atomic E-state index is 13.1. The fourth-order valence-corrected chi connectivity index (χ4v) is 9.79. The molecule has 1 unspecified atom stereocenters. The third-order valence-electron chi connectivity index (χ3n) is 12.5. The quantitative estimate of drug-likeness (QED) is 0.197. The minimum Gasteiger partial charge on any atom is -0.504 e. The highest BCUT2D eigenvalue weighted by Gasteiger charge is 2.75. The Hall–Kier alpha value is -3.31. The molecule has 2 saturated carbocycles. The summed E-state index contributed by atoms with van der Waals surface area (Å²) >= 11 is 0. The fraction of sp³-hybridized carbons (Fsp3) is 0.550. The van der Waals surface area contributed by atoms with Gasteiger partial charge in [-0.05, 0) is 119 Å². The van der Waals surface area contributed by atoms with Gasteiger partial charge in [0.05, 0.1) is 16.6 Å². The van der Waals surface area contributed by atoms with E-state index in [0.29, 0.717) is 69.0 Å². The second-order valence-electron chi connectivity index (χ2n) is 15.6. The van der Waals surface area contributed by atoms with E-state index >= 15 is 0 Å². The average molecular weight is 693 g/mol. The van der Waals surface area contributed by atoms with Gasteiger partial charge >= 0.3 is 6.18 Å². The lowest BCUT2D eigenvalue weighted by molar-refractivity contribution is -0.237. The third kappa shape index (κ3) is 5.67. The van der Waals surface area contributed by atoms with Gasteiger partial charge < -0.3 is 29.7 Å². The van der Waals surface area contributed by atoms with E-state index in [-0.39, 0.29) is 17.9 Å². The number of halogens is 3. The number of phenolic OH excluding ortho intramolecular Hbond substituents is 1. The lowest BCUT2D eigenvalue weighted by Gasteiger charge is -2.65. The number of nitrogens with zero attached hydrogens (tertiary/aromatic N) is 2. The molecular formula is C40H47F3N2O5. The van der Waals surface area contributed by atoms with E-state index in [0.717, 1.165) is 48.3 Å². The van der Waals surface area contributed by atoms with E-state index in [1.165, 1.54) is 25.0 Å². The molecule has 3 fully saturated rings. The molecule has 2 heterocycles. The fourth-order valence-electron chi connectivity index (χ4n) is 9.79. The van der Waals surface area contributed by atoms with Crippen molar-refractivity contribution in [2.45, 2.75) is 98.8 Å². The van der Waals surface area contributed by atoms with Gasteiger partial charge in [0.15, 0.2) is 11.5 Å². The van der Waals surface area contributed by atoms with E-state index in [1.54, 1.807) is 6.07 Å². The van der Waals surface area contributed by atoms with Gasteiger partial charge in [0.1, 0.15) is 23.6 Å². The maximum Gasteiger partial charge on any atom is 0.416 e. The molecule has 0 radical (unpaired) electrons. The highest BCUT2D eigenvalue weighted by molar-refractivity contribution is 5.63. The highest BCUT2D eigenvalue weighted by Crippen LogP contribution is 2.67. The number of benzene rings is 3. The maximum atomic E-state index is 13.1. The van der Waals surface area contributed by atoms with Crippen LogP contribution in [0.2, 0.25) is 0 Å². The van der Waals surface area contributed by atoms with Gasteiger partial charge in [0, 0.05) is 31.1 Å². The van der Waals surface area contributed by atoms with Gasteiger partial charge in [-0.3, -0.25) is 4.90 Å². The number of aromatic hydroxyl groups is 1. The number of hydrogen-bond donors (Lipinski definition) is 3. The second-order valence-corrected chi connectivity index (χ2v) is 15.6. The SMILES string of the molecule is CN(CCC[C@]1(O)CC[C@@]2(O)[C@H]3Cc4ccc(O)c5c4[C@@]2(CCN3CC2CC2)[C@H]1O5)CCC(Oc1ccc(C(F)(F)F)cc1)c1ccccc1. The third-order valence-corrected chi connectivity index (χ3v) is 12.5. The number of piperidine rings is 1. The first-order valence-corrected chi connectivity index (χ1v) is 18.2. The number of aliphatic hydroxyl groups is 2. The molecule has 2 aliphatic heterocycles. The van der Waals surface area contributed by atoms with Crippen LogP contribution in [-0.2, 0) is 18.0 Å². The van der Waals surface area contributed by atoms with Gasteiger partial charge in [-0.15, -0.1) is 0 Å². The standard InChI is InChI=1S/C40H47F3N2O5/c1-44(22-16-32(27-6-3-2-4-7-27)49-30-13-11-29(12-14-30)40(41,42)43)21-5-17-37(47)18-19-39(48)33-24-28-10-15-31(46)35-34(28)38(39,36(37)50-35)20-23-45(33)25-26-8-9-26/h2-4,6-7,10-15,26,32-33,36,46-48H,5,8-9,16-25H2,1H3/t32?,33-,36+,37+,38+,39-/m1/s1. The van der Waals surface area contributed by atoms with Crippen molar-refractivity contribution in [3.63, 3.8) is 0 Å². The lowest BCUT2D eigenvalue weighted by Crippen LogP contribution is -2.79. The van der Waals surface area contributed by atoms with Crippen molar-refractivity contribution in [1.29, 1.82) is 0 Å². The van der Waals surface area contributed by atoms with Gasteiger partial charge in [-0.25, -0.2) is 0 Å². The predicted molar refractivity (Wildman–Crippen MR) is 182 cm³/mol. The number of hydrogen-bond acceptors (Lipinski definition) is 7. The van der Waals surface area contributed by atoms with Crippen LogP contribution >= 0.6 is 0 Å². The average Bonchev–Trinajstić information content (AvgIpc) is 3.84. The van der Waals surface area contributed by atoms with Crippen LogP contribution in [-0.4, -0.2) is 81.7 Å². The van der Waals surface area contributed by atoms with E-state index in [1.807, 2.05) is 43.4 Å². The normalized spacial score (nSPS) is 30.5. The summed E-state index contributed by atoms with van der Waals surface area (Å²) in [4.78, 5) is 4.69. The summed E-state index contributed by atoms with van der Waals surface area (Å²) in [5, 5.41) is 36.1. The largest absolute Gasteiger partial charge is 0.504 e. The molecule has 0 amide bonds. The molecule has 3 aliphatic carbocycles. The van der Waals surface area contributed by atoms with E-state index in [4.69, 9.17) is 9.47 Å². The Morgan fingerprint density at radius 2 is 1.74 bits per heavy atom. The van der Waals surface area contributed by atoms with Gasteiger partial charge in [-0.2, -0.15) is 13.2 Å². The smallest absolute Gasteiger partial charge is 0.416 e. The molecule has 3 aromatic carbocycles. The number of phenols is 1. The zero-order valence-corrected chi connectivity index (χ0v) is 28.5. The molecule has 3 aromatic rings. The Balaban J connectivity index is 0.946. The van der Waals surface area contributed by atoms with E-state index < -0.39 is 34.5 Å². The molecule has 2 bridgehead atoms. The topological polar surface area (TPSA) is 85.6 Å². The molecule has 268 valence electrons. The van der Waals surface area contributed by atoms with Crippen LogP contribution in [0.5, 0.6) is 17.2 Å². The van der Waals surface area contributed by atoms with Crippen molar-refractivity contribution in [2.24, 2.45) is 5.92 Å². The van der Waals surface area contributed by atoms with Crippen LogP contribution in [0, 0.1) is 5.92 Å². The molecule has 10 heteroatoms. The van der Waals surface area contributed by atoms with E-state index in [2.05, 4.69) is 9.80 Å². The van der Waals surface area contributed by atoms with Crippen LogP contribution < -0.4 is 9.47 Å². The predicted octanol–water partition coefficient (Wildman–Crippen LogP) is 6.63. The molecule has 3 N–H and O–H groups in total. The molecule has 5 aliphatic rings. The Labute approximate surface area is 291 Å². The minimum absolute atomic E-state index is 0.0380. The first-order chi connectivity index (χ1) is 23.9. The van der Waals surface area contributed by atoms with Gasteiger partial charge in [0.25, 0.3) is 0 Å². The van der Waals surface area contributed by atoms with Crippen LogP contribution in [0.3, 0.4) is 0 Å². The zero-order valence-electron chi connectivity index (χ0n) is 28.5. The summed E-state index contributed by atoms with van der Waals surface area (Å²) < 4.78 is 52.2. The molecule has 1 spiro atoms. The van der Waals surface area contributed by atoms with Crippen LogP contribution in [0.15, 0.2) is 66.7 Å². The Kier molecular flexibility index (Phi) is 8.40. The number of rotatable bonds is 12. The first-order valence-electron chi connectivity index (χ1n) is 18.2. The Bertz CT molecular complexity index is 1700. The minimum atomic E-state index is -4.41. The molecular weight excluding hydrogens is 645 g/mol. The van der Waals surface area contributed by atoms with Crippen molar-refractivity contribution >= 4 is 0 Å². The van der Waals surface area contributed by atoms with Crippen molar-refractivity contribution in [1.82, 2.24) is 9.80 Å². The Morgan fingerprint density at radius 3 is 2.46 bits per heavy atom. The lowest BCUT2D eigenvalue weighted by atomic mass is 9.46. The van der Waals surface area contributed by atoms with Crippen LogP contribution in [0.1, 0.15) is 79.7 Å². The molecule has 50 heavy (non-hydrogen) atoms. The molecule has 1 saturated heterocycles. The molecule has 7 nitrogen and oxygen atoms in total. The monoisotopic (exact) mass is 692 g/mol. The summed E-state index contributed by atoms with van der Waals surface area (Å²) in [5.41, 5.74) is -0.714. The first kappa shape index (κ1) is 33.8. The van der Waals surface area contributed by atoms with Gasteiger partial charge in [0.2, 0.25) is 0 Å². The molecule has 0 aromatic heterocycles. The zero-order chi connectivity index (χ0) is 34.9. The van der Waals surface area contributed by atoms with Crippen LogP contribution in [0.25, 0.3) is 0 Å². The number of ether oxygens (including phenoxy) is 2. The van der Waals surface area contributed by atoms with Crippen LogP contribution in [0.4, 0.5) is 13.2 Å². The summed E-state index contributed by atoms with van der Waals surface area (Å²) in [7, 11) is 2.02. The molecule has 6 atom stereocenters. The highest BCUT2D eigenvalue weighted by atomic mass is 19.4. The second kappa shape index (κ2) is 12.4. The van der Waals surface area contributed by atoms with Crippen molar-refractivity contribution in [2.75, 3.05) is 33.2 Å². The summed E-state index contributed by atoms with van der Waals surface area (Å²) in [6, 6.07) is 18.1. The Morgan fingerprint density at radius 1 is 0.980 bits per heavy atom. The van der Waals surface area contributed by atoms with Crippen molar-refractivity contribution in [3.8, 4) is 17.2 Å². The number of alkyl halides is 3. The number of likely N-dealkylation sites (tertiary alicyclic amines) is 1. The van der Waals surface area contributed by atoms with Gasteiger partial charge in [-0.1, -0.05) is 36.4 Å². The summed E-state index contributed by atoms with van der Waals surface area (Å²) in [6.45, 7) is 3.22.